The van der Waals surface area contributed by atoms with Gasteiger partial charge in [-0.05, 0) is 70.6 Å². The lowest BCUT2D eigenvalue weighted by Gasteiger charge is -2.41. The Bertz CT molecular complexity index is 1330. The minimum absolute atomic E-state index is 0.0731. The Morgan fingerprint density at radius 1 is 0.615 bits per heavy atom. The number of esters is 1. The molecule has 11 nitrogen and oxygen atoms in total. The lowest BCUT2D eigenvalue weighted by atomic mass is 9.99. The van der Waals surface area contributed by atoms with Crippen LogP contribution in [0.1, 0.15) is 194 Å². The van der Waals surface area contributed by atoms with E-state index in [1.807, 2.05) is 42.5 Å². The number of hydrogen-bond donors (Lipinski definition) is 6. The van der Waals surface area contributed by atoms with Gasteiger partial charge in [-0.2, -0.15) is 0 Å². The second-order valence-electron chi connectivity index (χ2n) is 17.6. The van der Waals surface area contributed by atoms with E-state index in [-0.39, 0.29) is 19.4 Å². The molecule has 0 radical (unpaired) electrons. The molecule has 0 aromatic carbocycles. The monoisotopic (exact) mass is 916 g/mol. The van der Waals surface area contributed by atoms with Crippen LogP contribution in [-0.2, 0) is 23.8 Å². The number of rotatable bonds is 41. The third kappa shape index (κ3) is 31.7. The molecule has 1 heterocycles. The second kappa shape index (κ2) is 42.5. The maximum absolute atomic E-state index is 13.3. The molecular formula is C54H93NO10. The summed E-state index contributed by atoms with van der Waals surface area (Å²) < 4.78 is 17.4. The molecule has 65 heavy (non-hydrogen) atoms. The highest BCUT2D eigenvalue weighted by Gasteiger charge is 2.47. The van der Waals surface area contributed by atoms with Crippen molar-refractivity contribution in [2.75, 3.05) is 13.2 Å². The summed E-state index contributed by atoms with van der Waals surface area (Å²) in [6.45, 7) is 5.55. The van der Waals surface area contributed by atoms with Crippen molar-refractivity contribution in [3.63, 3.8) is 0 Å². The van der Waals surface area contributed by atoms with Gasteiger partial charge in [0.1, 0.15) is 24.4 Å². The van der Waals surface area contributed by atoms with Crippen LogP contribution in [0.3, 0.4) is 0 Å². The van der Waals surface area contributed by atoms with E-state index in [4.69, 9.17) is 14.2 Å². The summed E-state index contributed by atoms with van der Waals surface area (Å²) in [4.78, 5) is 26.3. The summed E-state index contributed by atoms with van der Waals surface area (Å²) in [5, 5.41) is 56.5. The first-order valence-corrected chi connectivity index (χ1v) is 25.8. The predicted octanol–water partition coefficient (Wildman–Crippen LogP) is 10.5. The molecule has 8 unspecified atom stereocenters. The van der Waals surface area contributed by atoms with Crippen LogP contribution in [-0.4, -0.2) is 99.6 Å². The molecule has 1 aliphatic heterocycles. The summed E-state index contributed by atoms with van der Waals surface area (Å²) in [6, 6.07) is -1.04. The fraction of sp³-hybridized carbons (Fsp3) is 0.741. The molecular weight excluding hydrogens is 823 g/mol. The highest BCUT2D eigenvalue weighted by atomic mass is 16.7. The number of carbonyl (C=O) groups excluding carboxylic acids is 2. The molecule has 1 rings (SSSR count). The third-order valence-corrected chi connectivity index (χ3v) is 11.7. The molecule has 11 heteroatoms. The van der Waals surface area contributed by atoms with Crippen LogP contribution in [0.2, 0.25) is 0 Å². The van der Waals surface area contributed by atoms with Gasteiger partial charge in [-0.25, -0.2) is 0 Å². The predicted molar refractivity (Wildman–Crippen MR) is 264 cm³/mol. The van der Waals surface area contributed by atoms with E-state index in [0.717, 1.165) is 70.6 Å². The number of hydrogen-bond acceptors (Lipinski definition) is 10. The van der Waals surface area contributed by atoms with Gasteiger partial charge in [-0.3, -0.25) is 9.59 Å². The van der Waals surface area contributed by atoms with E-state index in [1.165, 1.54) is 77.0 Å². The Morgan fingerprint density at radius 2 is 1.12 bits per heavy atom. The average Bonchev–Trinajstić information content (AvgIpc) is 3.30. The van der Waals surface area contributed by atoms with Crippen molar-refractivity contribution in [3.05, 3.63) is 72.9 Å². The molecule has 0 aromatic heterocycles. The highest BCUT2D eigenvalue weighted by molar-refractivity contribution is 5.80. The van der Waals surface area contributed by atoms with Crippen molar-refractivity contribution >= 4 is 11.9 Å². The fourth-order valence-electron chi connectivity index (χ4n) is 7.54. The van der Waals surface area contributed by atoms with Crippen LogP contribution in [0.5, 0.6) is 0 Å². The van der Waals surface area contributed by atoms with E-state index < -0.39 is 67.4 Å². The highest BCUT2D eigenvalue weighted by Crippen LogP contribution is 2.26. The van der Waals surface area contributed by atoms with Crippen molar-refractivity contribution < 1.29 is 49.3 Å². The van der Waals surface area contributed by atoms with E-state index >= 15 is 0 Å². The smallest absolute Gasteiger partial charge is 0.306 e. The van der Waals surface area contributed by atoms with Crippen molar-refractivity contribution in [2.24, 2.45) is 0 Å². The van der Waals surface area contributed by atoms with Crippen molar-refractivity contribution in [2.45, 2.75) is 243 Å². The topological polar surface area (TPSA) is 175 Å². The van der Waals surface area contributed by atoms with E-state index in [0.29, 0.717) is 12.8 Å². The summed E-state index contributed by atoms with van der Waals surface area (Å²) >= 11 is 0. The zero-order valence-electron chi connectivity index (χ0n) is 40.8. The van der Waals surface area contributed by atoms with Crippen molar-refractivity contribution in [3.8, 4) is 0 Å². The first kappa shape index (κ1) is 60.1. The number of amides is 1. The fourth-order valence-corrected chi connectivity index (χ4v) is 7.54. The standard InChI is InChI=1S/C54H93NO10/c1-4-7-10-13-16-19-22-24-27-30-33-36-39-42-49(59)65-52-51(61)50(60)48(43-56)64-54(52)63-44-45(46(57)40-37-34-31-28-25-21-18-15-12-9-6-3)55-53(62)47(58)41-38-35-32-29-26-23-20-17-14-11-8-5-2/h7,10,13,16,19,22,24,26-27,29,37,40,45-48,50-52,54,56-58,60-61H,4-6,8-9,11-12,14-15,17-18,20-21,23,25,28,30-36,38-39,41-44H2,1-3H3,(H,55,62)/b10-7+,16-13+,22-19-,27-24-,29-26-,40-37+. The zero-order chi connectivity index (χ0) is 47.6. The molecule has 0 aliphatic carbocycles. The number of ether oxygens (including phenoxy) is 3. The maximum atomic E-state index is 13.3. The van der Waals surface area contributed by atoms with Gasteiger partial charge in [0.05, 0.1) is 25.4 Å². The summed E-state index contributed by atoms with van der Waals surface area (Å²) in [5.41, 5.74) is 0. The molecule has 6 N–H and O–H groups in total. The normalized spacial score (nSPS) is 20.9. The number of aliphatic hydroxyl groups is 5. The second-order valence-corrected chi connectivity index (χ2v) is 17.6. The summed E-state index contributed by atoms with van der Waals surface area (Å²) in [5.74, 6) is -1.26. The van der Waals surface area contributed by atoms with Crippen LogP contribution in [0.15, 0.2) is 72.9 Å². The van der Waals surface area contributed by atoms with E-state index in [1.54, 1.807) is 6.08 Å². The Hall–Kier alpha value is -2.90. The molecule has 0 bridgehead atoms. The number of carbonyl (C=O) groups is 2. The Kier molecular flexibility index (Phi) is 39.3. The summed E-state index contributed by atoms with van der Waals surface area (Å²) in [7, 11) is 0. The van der Waals surface area contributed by atoms with Crippen molar-refractivity contribution in [1.29, 1.82) is 0 Å². The molecule has 1 fully saturated rings. The molecule has 0 spiro atoms. The van der Waals surface area contributed by atoms with Crippen LogP contribution < -0.4 is 5.32 Å². The maximum Gasteiger partial charge on any atom is 0.306 e. The molecule has 0 saturated carbocycles. The SMILES string of the molecule is CC/C=C/C=C/C=C\C=C/CCCCCC(=O)OC1C(OCC(NC(=O)C(O)CCCC/C=C\CCCCCCCC)C(O)/C=C/CCCCCCCCCCC)OC(CO)C(O)C1O. The number of nitrogens with one attached hydrogen (secondary N) is 1. The van der Waals surface area contributed by atoms with Gasteiger partial charge in [-0.1, -0.05) is 190 Å². The Balaban J connectivity index is 2.83. The van der Waals surface area contributed by atoms with Gasteiger partial charge in [0, 0.05) is 6.42 Å². The quantitative estimate of drug-likeness (QED) is 0.0150. The van der Waals surface area contributed by atoms with E-state index in [2.05, 4.69) is 50.4 Å². The molecule has 374 valence electrons. The van der Waals surface area contributed by atoms with E-state index in [9.17, 15) is 35.1 Å². The molecule has 0 aromatic rings. The molecule has 1 amide bonds. The first-order chi connectivity index (χ1) is 31.7. The van der Waals surface area contributed by atoms with Gasteiger partial charge in [0.15, 0.2) is 12.4 Å². The van der Waals surface area contributed by atoms with Gasteiger partial charge < -0.3 is 45.1 Å². The number of allylic oxidation sites excluding steroid dienone is 11. The van der Waals surface area contributed by atoms with Crippen molar-refractivity contribution in [1.82, 2.24) is 5.32 Å². The third-order valence-electron chi connectivity index (χ3n) is 11.7. The van der Waals surface area contributed by atoms with Crippen LogP contribution in [0.25, 0.3) is 0 Å². The zero-order valence-corrected chi connectivity index (χ0v) is 40.8. The van der Waals surface area contributed by atoms with Crippen LogP contribution in [0.4, 0.5) is 0 Å². The first-order valence-electron chi connectivity index (χ1n) is 25.8. The molecule has 1 saturated heterocycles. The van der Waals surface area contributed by atoms with Gasteiger partial charge in [-0.15, -0.1) is 0 Å². The lowest BCUT2D eigenvalue weighted by molar-refractivity contribution is -0.305. The molecule has 1 aliphatic rings. The van der Waals surface area contributed by atoms with Gasteiger partial charge >= 0.3 is 5.97 Å². The largest absolute Gasteiger partial charge is 0.454 e. The van der Waals surface area contributed by atoms with Crippen LogP contribution >= 0.6 is 0 Å². The average molecular weight is 916 g/mol. The number of unbranched alkanes of at least 4 members (excludes halogenated alkanes) is 20. The lowest BCUT2D eigenvalue weighted by Crippen LogP contribution is -2.61. The minimum Gasteiger partial charge on any atom is -0.454 e. The molecule has 8 atom stereocenters. The Morgan fingerprint density at radius 3 is 1.71 bits per heavy atom. The Labute approximate surface area is 394 Å². The minimum atomic E-state index is -1.63. The van der Waals surface area contributed by atoms with Gasteiger partial charge in [0.2, 0.25) is 5.91 Å². The summed E-state index contributed by atoms with van der Waals surface area (Å²) in [6.07, 6.45) is 41.1. The van der Waals surface area contributed by atoms with Crippen LogP contribution in [0, 0.1) is 0 Å². The van der Waals surface area contributed by atoms with Gasteiger partial charge in [0.25, 0.3) is 0 Å². The number of aliphatic hydroxyl groups excluding tert-OH is 5.